The molecule has 0 atom stereocenters. The molecule has 0 radical (unpaired) electrons. The Hall–Kier alpha value is -1.81. The van der Waals surface area contributed by atoms with E-state index >= 15 is 0 Å². The average molecular weight is 296 g/mol. The monoisotopic (exact) mass is 295 g/mol. The normalized spacial score (nSPS) is 10.6. The van der Waals surface area contributed by atoms with E-state index in [0.29, 0.717) is 11.6 Å². The van der Waals surface area contributed by atoms with Gasteiger partial charge in [-0.1, -0.05) is 11.6 Å². The fraction of sp³-hybridized carbons (Fsp3) is 0.333. The summed E-state index contributed by atoms with van der Waals surface area (Å²) in [5.41, 5.74) is 1.64. The second-order valence-electron chi connectivity index (χ2n) is 4.10. The van der Waals surface area contributed by atoms with Gasteiger partial charge in [0.25, 0.3) is 5.91 Å². The first-order chi connectivity index (χ1) is 9.49. The van der Waals surface area contributed by atoms with Gasteiger partial charge in [-0.3, -0.25) is 4.79 Å². The van der Waals surface area contributed by atoms with E-state index in [9.17, 15) is 9.59 Å². The van der Waals surface area contributed by atoms with Crippen molar-refractivity contribution in [2.24, 2.45) is 0 Å². The van der Waals surface area contributed by atoms with E-state index in [1.165, 1.54) is 6.08 Å². The minimum absolute atomic E-state index is 0.276. The van der Waals surface area contributed by atoms with Crippen LogP contribution in [-0.2, 0) is 14.3 Å². The Labute approximate surface area is 124 Å². The van der Waals surface area contributed by atoms with Gasteiger partial charge in [-0.2, -0.15) is 0 Å². The van der Waals surface area contributed by atoms with Gasteiger partial charge < -0.3 is 9.64 Å². The lowest BCUT2D eigenvalue weighted by Gasteiger charge is -2.20. The fourth-order valence-corrected chi connectivity index (χ4v) is 1.80. The van der Waals surface area contributed by atoms with Crippen molar-refractivity contribution in [1.82, 2.24) is 0 Å². The van der Waals surface area contributed by atoms with Crippen molar-refractivity contribution in [3.63, 3.8) is 0 Å². The Morgan fingerprint density at radius 3 is 2.55 bits per heavy atom. The Morgan fingerprint density at radius 2 is 2.00 bits per heavy atom. The molecule has 20 heavy (non-hydrogen) atoms. The van der Waals surface area contributed by atoms with Gasteiger partial charge in [0.05, 0.1) is 6.61 Å². The number of carbonyl (C=O) groups is 2. The number of anilines is 1. The number of esters is 1. The largest absolute Gasteiger partial charge is 0.463 e. The van der Waals surface area contributed by atoms with Gasteiger partial charge in [0, 0.05) is 29.4 Å². The van der Waals surface area contributed by atoms with E-state index in [2.05, 4.69) is 0 Å². The minimum atomic E-state index is -0.524. The van der Waals surface area contributed by atoms with Crippen LogP contribution in [0.4, 0.5) is 5.69 Å². The molecule has 1 rings (SSSR count). The predicted molar refractivity (Wildman–Crippen MR) is 80.0 cm³/mol. The standard InChI is InChI=1S/C15H18ClNO3/c1-4-17(12-6-7-13(16)11(3)10-12)14(18)8-9-15(19)20-5-2/h6-10H,4-5H2,1-3H3/b9-8+. The molecule has 0 heterocycles. The predicted octanol–water partition coefficient (Wildman–Crippen LogP) is 3.12. The van der Waals surface area contributed by atoms with Gasteiger partial charge in [0.1, 0.15) is 0 Å². The molecule has 0 aromatic heterocycles. The summed E-state index contributed by atoms with van der Waals surface area (Å²) in [6.45, 7) is 6.22. The van der Waals surface area contributed by atoms with E-state index in [1.54, 1.807) is 24.0 Å². The molecule has 0 saturated heterocycles. The number of benzene rings is 1. The molecule has 1 aromatic rings. The van der Waals surface area contributed by atoms with Gasteiger partial charge in [0.2, 0.25) is 0 Å². The molecule has 0 saturated carbocycles. The van der Waals surface area contributed by atoms with E-state index < -0.39 is 5.97 Å². The minimum Gasteiger partial charge on any atom is -0.463 e. The zero-order chi connectivity index (χ0) is 15.1. The van der Waals surface area contributed by atoms with Crippen LogP contribution in [0.1, 0.15) is 19.4 Å². The lowest BCUT2D eigenvalue weighted by Crippen LogP contribution is -2.29. The van der Waals surface area contributed by atoms with Crippen molar-refractivity contribution >= 4 is 29.2 Å². The number of carbonyl (C=O) groups excluding carboxylic acids is 2. The summed E-state index contributed by atoms with van der Waals surface area (Å²) in [6, 6.07) is 5.36. The van der Waals surface area contributed by atoms with Crippen LogP contribution in [0.5, 0.6) is 0 Å². The second kappa shape index (κ2) is 7.70. The van der Waals surface area contributed by atoms with E-state index in [1.807, 2.05) is 19.9 Å². The molecule has 0 aliphatic rings. The number of rotatable bonds is 5. The highest BCUT2D eigenvalue weighted by molar-refractivity contribution is 6.31. The van der Waals surface area contributed by atoms with Crippen LogP contribution < -0.4 is 4.90 Å². The van der Waals surface area contributed by atoms with E-state index in [-0.39, 0.29) is 12.5 Å². The molecule has 0 aliphatic heterocycles. The average Bonchev–Trinajstić information content (AvgIpc) is 2.41. The molecular weight excluding hydrogens is 278 g/mol. The van der Waals surface area contributed by atoms with Crippen LogP contribution in [-0.4, -0.2) is 25.0 Å². The molecule has 0 unspecified atom stereocenters. The Bertz CT molecular complexity index is 526. The van der Waals surface area contributed by atoms with Crippen LogP contribution in [0.2, 0.25) is 5.02 Å². The quantitative estimate of drug-likeness (QED) is 0.619. The van der Waals surface area contributed by atoms with Gasteiger partial charge >= 0.3 is 5.97 Å². The van der Waals surface area contributed by atoms with Crippen LogP contribution in [0.25, 0.3) is 0 Å². The smallest absolute Gasteiger partial charge is 0.330 e. The first kappa shape index (κ1) is 16.2. The molecule has 0 aliphatic carbocycles. The maximum atomic E-state index is 12.1. The summed E-state index contributed by atoms with van der Waals surface area (Å²) >= 11 is 5.97. The SMILES string of the molecule is CCOC(=O)/C=C/C(=O)N(CC)c1ccc(Cl)c(C)c1. The number of hydrogen-bond acceptors (Lipinski definition) is 3. The fourth-order valence-electron chi connectivity index (χ4n) is 1.68. The van der Waals surface area contributed by atoms with E-state index in [4.69, 9.17) is 16.3 Å². The van der Waals surface area contributed by atoms with E-state index in [0.717, 1.165) is 17.3 Å². The highest BCUT2D eigenvalue weighted by Gasteiger charge is 2.12. The molecule has 0 fully saturated rings. The highest BCUT2D eigenvalue weighted by Crippen LogP contribution is 2.22. The van der Waals surface area contributed by atoms with Gasteiger partial charge in [-0.25, -0.2) is 4.79 Å². The second-order valence-corrected chi connectivity index (χ2v) is 4.51. The van der Waals surface area contributed by atoms with Crippen molar-refractivity contribution in [2.75, 3.05) is 18.1 Å². The lowest BCUT2D eigenvalue weighted by molar-refractivity contribution is -0.137. The highest BCUT2D eigenvalue weighted by atomic mass is 35.5. The van der Waals surface area contributed by atoms with Crippen LogP contribution in [0.3, 0.4) is 0 Å². The first-order valence-corrected chi connectivity index (χ1v) is 6.79. The summed E-state index contributed by atoms with van der Waals surface area (Å²) < 4.78 is 4.73. The van der Waals surface area contributed by atoms with Gasteiger partial charge in [-0.15, -0.1) is 0 Å². The zero-order valence-electron chi connectivity index (χ0n) is 11.9. The van der Waals surface area contributed by atoms with Crippen LogP contribution in [0, 0.1) is 6.92 Å². The van der Waals surface area contributed by atoms with Crippen molar-refractivity contribution in [3.05, 3.63) is 40.9 Å². The van der Waals surface area contributed by atoms with Gasteiger partial charge in [0.15, 0.2) is 0 Å². The Morgan fingerprint density at radius 1 is 1.30 bits per heavy atom. The number of halogens is 1. The number of amides is 1. The third-order valence-corrected chi connectivity index (χ3v) is 3.11. The Balaban J connectivity index is 2.87. The zero-order valence-corrected chi connectivity index (χ0v) is 12.6. The lowest BCUT2D eigenvalue weighted by atomic mass is 10.2. The van der Waals surface area contributed by atoms with Crippen molar-refractivity contribution in [3.8, 4) is 0 Å². The third kappa shape index (κ3) is 4.38. The maximum Gasteiger partial charge on any atom is 0.330 e. The molecule has 1 amide bonds. The number of hydrogen-bond donors (Lipinski definition) is 0. The van der Waals surface area contributed by atoms with Gasteiger partial charge in [-0.05, 0) is 44.5 Å². The topological polar surface area (TPSA) is 46.6 Å². The molecule has 0 spiro atoms. The van der Waals surface area contributed by atoms with Crippen LogP contribution in [0.15, 0.2) is 30.4 Å². The summed E-state index contributed by atoms with van der Waals surface area (Å²) in [7, 11) is 0. The molecule has 108 valence electrons. The summed E-state index contributed by atoms with van der Waals surface area (Å²) in [4.78, 5) is 24.8. The Kier molecular flexibility index (Phi) is 6.25. The molecular formula is C15H18ClNO3. The van der Waals surface area contributed by atoms with Crippen LogP contribution >= 0.6 is 11.6 Å². The number of nitrogens with zero attached hydrogens (tertiary/aromatic N) is 1. The summed E-state index contributed by atoms with van der Waals surface area (Å²) in [5.74, 6) is -0.800. The molecule has 0 bridgehead atoms. The molecule has 4 nitrogen and oxygen atoms in total. The maximum absolute atomic E-state index is 12.1. The number of ether oxygens (including phenoxy) is 1. The first-order valence-electron chi connectivity index (χ1n) is 6.42. The molecule has 0 N–H and O–H groups in total. The number of aryl methyl sites for hydroxylation is 1. The molecule has 5 heteroatoms. The molecule has 1 aromatic carbocycles. The van der Waals surface area contributed by atoms with Crippen molar-refractivity contribution in [2.45, 2.75) is 20.8 Å². The summed E-state index contributed by atoms with van der Waals surface area (Å²) in [6.07, 6.45) is 2.35. The number of likely N-dealkylation sites (N-methyl/N-ethyl adjacent to an activating group) is 1. The van der Waals surface area contributed by atoms with Crippen molar-refractivity contribution in [1.29, 1.82) is 0 Å². The summed E-state index contributed by atoms with van der Waals surface area (Å²) in [5, 5.41) is 0.652. The third-order valence-electron chi connectivity index (χ3n) is 2.68. The van der Waals surface area contributed by atoms with Crippen molar-refractivity contribution < 1.29 is 14.3 Å².